The summed E-state index contributed by atoms with van der Waals surface area (Å²) in [5.41, 5.74) is 4.14. The third kappa shape index (κ3) is 5.23. The molecule has 1 fully saturated rings. The van der Waals surface area contributed by atoms with Crippen LogP contribution in [-0.4, -0.2) is 33.7 Å². The first-order chi connectivity index (χ1) is 16.7. The predicted molar refractivity (Wildman–Crippen MR) is 132 cm³/mol. The molecule has 1 N–H and O–H groups in total. The Balaban J connectivity index is 1.13. The number of hydrogen-bond acceptors (Lipinski definition) is 5. The van der Waals surface area contributed by atoms with Gasteiger partial charge in [-0.25, -0.2) is 14.4 Å². The number of aromatic nitrogens is 2. The van der Waals surface area contributed by atoms with Crippen molar-refractivity contribution in [2.45, 2.75) is 38.4 Å². The molecule has 1 atom stereocenters. The van der Waals surface area contributed by atoms with Crippen LogP contribution in [0.5, 0.6) is 0 Å². The van der Waals surface area contributed by atoms with Gasteiger partial charge in [-0.15, -0.1) is 0 Å². The van der Waals surface area contributed by atoms with E-state index in [0.29, 0.717) is 35.8 Å². The van der Waals surface area contributed by atoms with Crippen LogP contribution in [0, 0.1) is 5.92 Å². The average molecular weight is 457 g/mol. The summed E-state index contributed by atoms with van der Waals surface area (Å²) in [7, 11) is 0. The van der Waals surface area contributed by atoms with Gasteiger partial charge in [0.2, 0.25) is 0 Å². The van der Waals surface area contributed by atoms with Gasteiger partial charge in [-0.3, -0.25) is 9.69 Å². The van der Waals surface area contributed by atoms with E-state index in [1.54, 1.807) is 6.08 Å². The average Bonchev–Trinajstić information content (AvgIpc) is 3.26. The van der Waals surface area contributed by atoms with Gasteiger partial charge in [0.05, 0.1) is 5.69 Å². The van der Waals surface area contributed by atoms with Crippen molar-refractivity contribution in [3.8, 4) is 0 Å². The van der Waals surface area contributed by atoms with Crippen LogP contribution in [0.25, 0.3) is 0 Å². The summed E-state index contributed by atoms with van der Waals surface area (Å²) >= 11 is 0. The Hall–Kier alpha value is -3.38. The Morgan fingerprint density at radius 3 is 2.56 bits per heavy atom. The molecule has 1 saturated heterocycles. The fourth-order valence-electron chi connectivity index (χ4n) is 4.78. The highest BCUT2D eigenvalue weighted by Crippen LogP contribution is 2.36. The minimum absolute atomic E-state index is 0.0152. The van der Waals surface area contributed by atoms with Crippen molar-refractivity contribution in [2.75, 3.05) is 18.4 Å². The van der Waals surface area contributed by atoms with Gasteiger partial charge < -0.3 is 5.32 Å². The summed E-state index contributed by atoms with van der Waals surface area (Å²) in [5, 5.41) is 3.24. The van der Waals surface area contributed by atoms with Crippen LogP contribution in [0.3, 0.4) is 0 Å². The maximum atomic E-state index is 13.9. The number of piperidine rings is 1. The van der Waals surface area contributed by atoms with E-state index in [1.165, 1.54) is 11.9 Å². The van der Waals surface area contributed by atoms with E-state index in [2.05, 4.69) is 50.5 Å². The molecule has 2 aliphatic rings. The molecular weight excluding hydrogens is 427 g/mol. The molecule has 0 bridgehead atoms. The fraction of sp³-hybridized carbons (Fsp3) is 0.321. The Morgan fingerprint density at radius 1 is 1.03 bits per heavy atom. The van der Waals surface area contributed by atoms with Gasteiger partial charge in [-0.1, -0.05) is 36.4 Å². The molecule has 5 nitrogen and oxygen atoms in total. The minimum Gasteiger partial charge on any atom is -0.340 e. The first-order valence-corrected chi connectivity index (χ1v) is 12.0. The molecule has 3 aromatic rings. The number of rotatable bonds is 7. The number of allylic oxidation sites excluding steroid dienone is 2. The molecule has 1 aliphatic carbocycles. The molecule has 174 valence electrons. The number of fused-ring (bicyclic) bond motifs is 1. The van der Waals surface area contributed by atoms with Crippen LogP contribution in [-0.2, 0) is 13.0 Å². The zero-order valence-corrected chi connectivity index (χ0v) is 19.2. The van der Waals surface area contributed by atoms with Crippen molar-refractivity contribution < 1.29 is 9.18 Å². The molecule has 2 heterocycles. The van der Waals surface area contributed by atoms with Crippen LogP contribution >= 0.6 is 0 Å². The fourth-order valence-corrected chi connectivity index (χ4v) is 4.78. The number of ketones is 1. The highest BCUT2D eigenvalue weighted by molar-refractivity contribution is 6.04. The molecule has 2 aromatic carbocycles. The number of alkyl halides is 1. The van der Waals surface area contributed by atoms with Gasteiger partial charge in [0.15, 0.2) is 5.78 Å². The highest BCUT2D eigenvalue weighted by Gasteiger charge is 2.26. The van der Waals surface area contributed by atoms with E-state index >= 15 is 0 Å². The third-order valence-corrected chi connectivity index (χ3v) is 6.76. The monoisotopic (exact) mass is 456 g/mol. The van der Waals surface area contributed by atoms with Crippen molar-refractivity contribution in [2.24, 2.45) is 5.92 Å². The Bertz CT molecular complexity index is 1150. The van der Waals surface area contributed by atoms with E-state index in [-0.39, 0.29) is 5.78 Å². The lowest BCUT2D eigenvalue weighted by atomic mass is 9.95. The zero-order valence-electron chi connectivity index (χ0n) is 19.2. The number of halogens is 1. The number of nitrogens with one attached hydrogen (secondary N) is 1. The molecule has 6 heteroatoms. The molecule has 0 radical (unpaired) electrons. The van der Waals surface area contributed by atoms with Gasteiger partial charge in [0.1, 0.15) is 18.3 Å². The van der Waals surface area contributed by atoms with Gasteiger partial charge in [-0.05, 0) is 80.6 Å². The molecular formula is C28H29FN4O. The number of anilines is 2. The lowest BCUT2D eigenvalue weighted by Crippen LogP contribution is -2.32. The Morgan fingerprint density at radius 2 is 1.79 bits per heavy atom. The van der Waals surface area contributed by atoms with E-state index in [9.17, 15) is 9.18 Å². The van der Waals surface area contributed by atoms with E-state index in [0.717, 1.165) is 43.7 Å². The number of likely N-dealkylation sites (tertiary alicyclic amines) is 1. The van der Waals surface area contributed by atoms with Crippen molar-refractivity contribution in [1.29, 1.82) is 0 Å². The molecule has 34 heavy (non-hydrogen) atoms. The largest absolute Gasteiger partial charge is 0.340 e. The molecule has 1 aliphatic heterocycles. The van der Waals surface area contributed by atoms with Crippen molar-refractivity contribution >= 4 is 17.3 Å². The van der Waals surface area contributed by atoms with Crippen molar-refractivity contribution in [3.63, 3.8) is 0 Å². The first kappa shape index (κ1) is 22.4. The minimum atomic E-state index is -1.01. The lowest BCUT2D eigenvalue weighted by Gasteiger charge is -2.30. The SMILES string of the molecule is O=C(/C=C/C1CCN(Cc2ccccc2)CC1)c1ccc(Nc2ncnc3c2CCC3F)cc1. The summed E-state index contributed by atoms with van der Waals surface area (Å²) in [6.07, 6.45) is 7.41. The summed E-state index contributed by atoms with van der Waals surface area (Å²) in [5.74, 6) is 1.10. The summed E-state index contributed by atoms with van der Waals surface area (Å²) in [6.45, 7) is 3.09. The van der Waals surface area contributed by atoms with E-state index < -0.39 is 6.17 Å². The second-order valence-corrected chi connectivity index (χ2v) is 9.12. The number of nitrogens with zero attached hydrogens (tertiary/aromatic N) is 3. The maximum Gasteiger partial charge on any atom is 0.185 e. The quantitative estimate of drug-likeness (QED) is 0.358. The third-order valence-electron chi connectivity index (χ3n) is 6.76. The summed E-state index contributed by atoms with van der Waals surface area (Å²) < 4.78 is 13.9. The van der Waals surface area contributed by atoms with Gasteiger partial charge in [0, 0.05) is 23.4 Å². The van der Waals surface area contributed by atoms with E-state index in [4.69, 9.17) is 0 Å². The predicted octanol–water partition coefficient (Wildman–Crippen LogP) is 5.83. The smallest absolute Gasteiger partial charge is 0.185 e. The molecule has 1 aromatic heterocycles. The van der Waals surface area contributed by atoms with Gasteiger partial charge in [-0.2, -0.15) is 0 Å². The molecule has 0 spiro atoms. The maximum absolute atomic E-state index is 13.9. The Kier molecular flexibility index (Phi) is 6.77. The second kappa shape index (κ2) is 10.3. The van der Waals surface area contributed by atoms with Crippen LogP contribution < -0.4 is 5.32 Å². The molecule has 0 saturated carbocycles. The summed E-state index contributed by atoms with van der Waals surface area (Å²) in [6, 6.07) is 17.9. The lowest BCUT2D eigenvalue weighted by molar-refractivity contribution is 0.104. The van der Waals surface area contributed by atoms with Crippen LogP contribution in [0.4, 0.5) is 15.9 Å². The first-order valence-electron chi connectivity index (χ1n) is 12.0. The standard InChI is InChI=1S/C28H29FN4O/c29-25-12-11-24-27(25)30-19-31-28(24)32-23-9-7-22(8-10-23)26(34)13-6-20-14-16-33(17-15-20)18-21-4-2-1-3-5-21/h1-10,13,19-20,25H,11-12,14-18H2,(H,30,31,32)/b13-6+. The van der Waals surface area contributed by atoms with Gasteiger partial charge >= 0.3 is 0 Å². The van der Waals surface area contributed by atoms with E-state index in [1.807, 2.05) is 30.3 Å². The summed E-state index contributed by atoms with van der Waals surface area (Å²) in [4.78, 5) is 23.5. The number of benzene rings is 2. The zero-order chi connectivity index (χ0) is 23.3. The number of hydrogen-bond donors (Lipinski definition) is 1. The Labute approximate surface area is 199 Å². The molecule has 0 amide bonds. The number of carbonyl (C=O) groups excluding carboxylic acids is 1. The topological polar surface area (TPSA) is 58.1 Å². The second-order valence-electron chi connectivity index (χ2n) is 9.12. The molecule has 1 unspecified atom stereocenters. The van der Waals surface area contributed by atoms with Gasteiger partial charge in [0.25, 0.3) is 0 Å². The van der Waals surface area contributed by atoms with Crippen molar-refractivity contribution in [3.05, 3.63) is 95.5 Å². The number of carbonyl (C=O) groups is 1. The normalized spacial score (nSPS) is 18.8. The van der Waals surface area contributed by atoms with Crippen LogP contribution in [0.2, 0.25) is 0 Å². The van der Waals surface area contributed by atoms with Crippen molar-refractivity contribution in [1.82, 2.24) is 14.9 Å². The van der Waals surface area contributed by atoms with Crippen LogP contribution in [0.15, 0.2) is 73.1 Å². The highest BCUT2D eigenvalue weighted by atomic mass is 19.1. The molecule has 5 rings (SSSR count). The van der Waals surface area contributed by atoms with Crippen LogP contribution in [0.1, 0.15) is 52.6 Å².